The number of rotatable bonds is 6. The highest BCUT2D eigenvalue weighted by Crippen LogP contribution is 2.20. The van der Waals surface area contributed by atoms with Crippen LogP contribution in [0, 0.1) is 6.92 Å². The second-order valence-electron chi connectivity index (χ2n) is 5.41. The molecule has 1 aromatic heterocycles. The first-order valence-corrected chi connectivity index (χ1v) is 7.58. The average Bonchev–Trinajstić information content (AvgIpc) is 2.91. The van der Waals surface area contributed by atoms with Gasteiger partial charge < -0.3 is 10.3 Å². The summed E-state index contributed by atoms with van der Waals surface area (Å²) in [4.78, 5) is 19.7. The van der Waals surface area contributed by atoms with Gasteiger partial charge in [0.05, 0.1) is 17.5 Å². The van der Waals surface area contributed by atoms with E-state index >= 15 is 0 Å². The first-order chi connectivity index (χ1) is 11.8. The standard InChI is InChI=1S/C18H18F3N3O/c1-3-6-13(7-5-10-18(19,20)21)11-22-17(25)14-8-4-9-15-16(14)24-12(2)23-15/h3-9H,1,10-11H2,2H3,(H,22,25)(H,23,24)/b7-5-,13-6+. The van der Waals surface area contributed by atoms with Gasteiger partial charge in [-0.3, -0.25) is 4.79 Å². The minimum Gasteiger partial charge on any atom is -0.348 e. The number of imidazole rings is 1. The zero-order valence-electron chi connectivity index (χ0n) is 13.7. The van der Waals surface area contributed by atoms with Crippen molar-refractivity contribution in [1.29, 1.82) is 0 Å². The van der Waals surface area contributed by atoms with Crippen molar-refractivity contribution in [2.45, 2.75) is 19.5 Å². The summed E-state index contributed by atoms with van der Waals surface area (Å²) in [6.07, 6.45) is 0.0609. The lowest BCUT2D eigenvalue weighted by molar-refractivity contribution is -0.125. The molecule has 0 bridgehead atoms. The molecule has 132 valence electrons. The third-order valence-corrected chi connectivity index (χ3v) is 3.34. The van der Waals surface area contributed by atoms with Crippen molar-refractivity contribution < 1.29 is 18.0 Å². The minimum absolute atomic E-state index is 0.0823. The van der Waals surface area contributed by atoms with E-state index in [1.54, 1.807) is 25.1 Å². The van der Waals surface area contributed by atoms with Gasteiger partial charge in [-0.15, -0.1) is 0 Å². The number of carbonyl (C=O) groups excluding carboxylic acids is 1. The number of alkyl halides is 3. The van der Waals surface area contributed by atoms with E-state index in [4.69, 9.17) is 0 Å². The summed E-state index contributed by atoms with van der Waals surface area (Å²) in [7, 11) is 0. The van der Waals surface area contributed by atoms with Crippen molar-refractivity contribution in [3.63, 3.8) is 0 Å². The van der Waals surface area contributed by atoms with Gasteiger partial charge in [0.25, 0.3) is 5.91 Å². The van der Waals surface area contributed by atoms with Crippen LogP contribution in [-0.4, -0.2) is 28.6 Å². The highest BCUT2D eigenvalue weighted by Gasteiger charge is 2.24. The van der Waals surface area contributed by atoms with Gasteiger partial charge in [-0.05, 0) is 24.6 Å². The van der Waals surface area contributed by atoms with Crippen molar-refractivity contribution in [3.8, 4) is 0 Å². The van der Waals surface area contributed by atoms with Crippen LogP contribution in [0.5, 0.6) is 0 Å². The lowest BCUT2D eigenvalue weighted by atomic mass is 10.1. The molecule has 1 heterocycles. The van der Waals surface area contributed by atoms with Crippen LogP contribution in [0.4, 0.5) is 13.2 Å². The number of aryl methyl sites for hydroxylation is 1. The molecule has 1 aromatic carbocycles. The lowest BCUT2D eigenvalue weighted by Crippen LogP contribution is -2.25. The fourth-order valence-electron chi connectivity index (χ4n) is 2.28. The van der Waals surface area contributed by atoms with E-state index in [9.17, 15) is 18.0 Å². The van der Waals surface area contributed by atoms with E-state index < -0.39 is 12.6 Å². The summed E-state index contributed by atoms with van der Waals surface area (Å²) in [5.41, 5.74) is 2.22. The van der Waals surface area contributed by atoms with Gasteiger partial charge in [0.1, 0.15) is 11.3 Å². The Morgan fingerprint density at radius 2 is 2.16 bits per heavy atom. The van der Waals surface area contributed by atoms with E-state index in [2.05, 4.69) is 21.9 Å². The van der Waals surface area contributed by atoms with Gasteiger partial charge in [-0.2, -0.15) is 13.2 Å². The summed E-state index contributed by atoms with van der Waals surface area (Å²) >= 11 is 0. The van der Waals surface area contributed by atoms with Crippen LogP contribution in [0.3, 0.4) is 0 Å². The fourth-order valence-corrected chi connectivity index (χ4v) is 2.28. The average molecular weight is 349 g/mol. The highest BCUT2D eigenvalue weighted by atomic mass is 19.4. The molecule has 0 unspecified atom stereocenters. The summed E-state index contributed by atoms with van der Waals surface area (Å²) < 4.78 is 36.6. The summed E-state index contributed by atoms with van der Waals surface area (Å²) in [5.74, 6) is 0.342. The first kappa shape index (κ1) is 18.5. The SMILES string of the molecule is C=C/C=C(\C=C/CC(F)(F)F)CNC(=O)c1cccc2[nH]c(C)nc12. The molecule has 0 aliphatic heterocycles. The molecule has 0 spiro atoms. The monoisotopic (exact) mass is 349 g/mol. The Hall–Kier alpha value is -2.83. The predicted molar refractivity (Wildman–Crippen MR) is 91.3 cm³/mol. The number of nitrogens with one attached hydrogen (secondary N) is 2. The Kier molecular flexibility index (Phi) is 5.80. The molecule has 2 N–H and O–H groups in total. The van der Waals surface area contributed by atoms with Crippen molar-refractivity contribution in [1.82, 2.24) is 15.3 Å². The van der Waals surface area contributed by atoms with Gasteiger partial charge in [0.15, 0.2) is 0 Å². The number of hydrogen-bond donors (Lipinski definition) is 2. The normalized spacial score (nSPS) is 12.7. The molecule has 0 saturated heterocycles. The van der Waals surface area contributed by atoms with Crippen LogP contribution in [0.25, 0.3) is 11.0 Å². The molecule has 0 fully saturated rings. The van der Waals surface area contributed by atoms with Crippen molar-refractivity contribution in [2.24, 2.45) is 0 Å². The molecule has 0 radical (unpaired) electrons. The summed E-state index contributed by atoms with van der Waals surface area (Å²) in [5, 5.41) is 2.69. The van der Waals surface area contributed by atoms with Crippen LogP contribution < -0.4 is 5.32 Å². The molecule has 0 aliphatic carbocycles. The smallest absolute Gasteiger partial charge is 0.348 e. The number of para-hydroxylation sites is 1. The third-order valence-electron chi connectivity index (χ3n) is 3.34. The van der Waals surface area contributed by atoms with Gasteiger partial charge in [0, 0.05) is 6.54 Å². The van der Waals surface area contributed by atoms with E-state index in [0.717, 1.165) is 11.6 Å². The van der Waals surface area contributed by atoms with E-state index in [1.165, 1.54) is 12.2 Å². The molecule has 25 heavy (non-hydrogen) atoms. The second-order valence-corrected chi connectivity index (χ2v) is 5.41. The fraction of sp³-hybridized carbons (Fsp3) is 0.222. The number of aromatic nitrogens is 2. The quantitative estimate of drug-likeness (QED) is 0.767. The Morgan fingerprint density at radius 1 is 1.40 bits per heavy atom. The number of fused-ring (bicyclic) bond motifs is 1. The van der Waals surface area contributed by atoms with Gasteiger partial charge >= 0.3 is 6.18 Å². The van der Waals surface area contributed by atoms with E-state index in [0.29, 0.717) is 22.5 Å². The second kappa shape index (κ2) is 7.83. The van der Waals surface area contributed by atoms with Gasteiger partial charge in [-0.25, -0.2) is 4.98 Å². The van der Waals surface area contributed by atoms with Crippen LogP contribution in [0.15, 0.2) is 54.7 Å². The molecular formula is C18H18F3N3O. The molecule has 0 aliphatic rings. The third kappa shape index (κ3) is 5.34. The van der Waals surface area contributed by atoms with Crippen LogP contribution in [0.2, 0.25) is 0 Å². The zero-order valence-corrected chi connectivity index (χ0v) is 13.7. The van der Waals surface area contributed by atoms with Gasteiger partial charge in [-0.1, -0.05) is 36.9 Å². The number of hydrogen-bond acceptors (Lipinski definition) is 2. The molecule has 2 rings (SSSR count). The Labute approximate surface area is 143 Å². The largest absolute Gasteiger partial charge is 0.392 e. The summed E-state index contributed by atoms with van der Waals surface area (Å²) in [6.45, 7) is 5.40. The van der Waals surface area contributed by atoms with Gasteiger partial charge in [0.2, 0.25) is 0 Å². The van der Waals surface area contributed by atoms with Crippen LogP contribution >= 0.6 is 0 Å². The molecular weight excluding hydrogens is 331 g/mol. The number of nitrogens with zero attached hydrogens (tertiary/aromatic N) is 1. The number of H-pyrrole nitrogens is 1. The molecule has 0 atom stereocenters. The number of aromatic amines is 1. The number of carbonyl (C=O) groups is 1. The maximum atomic E-state index is 12.4. The number of amides is 1. The zero-order chi connectivity index (χ0) is 18.4. The van der Waals surface area contributed by atoms with Crippen molar-refractivity contribution in [2.75, 3.05) is 6.54 Å². The maximum absolute atomic E-state index is 12.4. The Balaban J connectivity index is 2.08. The number of benzene rings is 1. The summed E-state index contributed by atoms with van der Waals surface area (Å²) in [6, 6.07) is 5.20. The Morgan fingerprint density at radius 3 is 2.84 bits per heavy atom. The predicted octanol–water partition coefficient (Wildman–Crippen LogP) is 4.22. The topological polar surface area (TPSA) is 57.8 Å². The van der Waals surface area contributed by atoms with Crippen LogP contribution in [-0.2, 0) is 0 Å². The molecule has 4 nitrogen and oxygen atoms in total. The van der Waals surface area contributed by atoms with Crippen molar-refractivity contribution >= 4 is 16.9 Å². The van der Waals surface area contributed by atoms with E-state index in [1.807, 2.05) is 6.07 Å². The lowest BCUT2D eigenvalue weighted by Gasteiger charge is -2.07. The number of halogens is 3. The maximum Gasteiger partial charge on any atom is 0.392 e. The molecule has 0 saturated carbocycles. The molecule has 1 amide bonds. The van der Waals surface area contributed by atoms with Crippen molar-refractivity contribution in [3.05, 3.63) is 66.0 Å². The van der Waals surface area contributed by atoms with Crippen LogP contribution in [0.1, 0.15) is 22.6 Å². The highest BCUT2D eigenvalue weighted by molar-refractivity contribution is 6.04. The minimum atomic E-state index is -4.26. The van der Waals surface area contributed by atoms with E-state index in [-0.39, 0.29) is 12.5 Å². The molecule has 2 aromatic rings. The molecule has 7 heteroatoms. The first-order valence-electron chi connectivity index (χ1n) is 7.58. The Bertz CT molecular complexity index is 832. The number of allylic oxidation sites excluding steroid dienone is 3.